The lowest BCUT2D eigenvalue weighted by molar-refractivity contribution is -0.136. The first-order valence-corrected chi connectivity index (χ1v) is 7.49. The van der Waals surface area contributed by atoms with Crippen LogP contribution in [-0.4, -0.2) is 32.6 Å². The quantitative estimate of drug-likeness (QED) is 0.429. The average Bonchev–Trinajstić information content (AvgIpc) is 2.65. The number of Topliss-reactive ketones (excluding diaryl/α,β-unsaturated/α-hetero) is 1. The van der Waals surface area contributed by atoms with E-state index < -0.39 is 35.6 Å². The van der Waals surface area contributed by atoms with Gasteiger partial charge in [-0.15, -0.1) is 0 Å². The van der Waals surface area contributed by atoms with Crippen LogP contribution in [0.3, 0.4) is 0 Å². The lowest BCUT2D eigenvalue weighted by Crippen LogP contribution is -2.14. The first-order chi connectivity index (χ1) is 12.4. The molecule has 0 aliphatic carbocycles. The van der Waals surface area contributed by atoms with Crippen LogP contribution in [-0.2, 0) is 9.53 Å². The fourth-order valence-electron chi connectivity index (χ4n) is 2.10. The van der Waals surface area contributed by atoms with Crippen LogP contribution in [0.2, 0.25) is 0 Å². The Morgan fingerprint density at radius 3 is 2.50 bits per heavy atom. The van der Waals surface area contributed by atoms with E-state index in [0.29, 0.717) is 17.1 Å². The van der Waals surface area contributed by atoms with E-state index in [9.17, 15) is 18.4 Å². The van der Waals surface area contributed by atoms with E-state index >= 15 is 0 Å². The zero-order chi connectivity index (χ0) is 19.1. The molecule has 0 atom stereocenters. The van der Waals surface area contributed by atoms with Gasteiger partial charge in [-0.05, 0) is 42.5 Å². The third kappa shape index (κ3) is 4.89. The molecule has 0 heterocycles. The molecule has 0 aliphatic heterocycles. The minimum Gasteiger partial charge on any atom is -0.497 e. The van der Waals surface area contributed by atoms with E-state index in [1.165, 1.54) is 20.3 Å². The third-order valence-corrected chi connectivity index (χ3v) is 3.41. The van der Waals surface area contributed by atoms with Gasteiger partial charge in [-0.3, -0.25) is 4.79 Å². The van der Waals surface area contributed by atoms with Crippen LogP contribution in [0.15, 0.2) is 42.5 Å². The van der Waals surface area contributed by atoms with E-state index in [1.54, 1.807) is 18.2 Å². The second kappa shape index (κ2) is 8.75. The molecule has 7 heteroatoms. The Labute approximate surface area is 148 Å². The summed E-state index contributed by atoms with van der Waals surface area (Å²) < 4.78 is 41.6. The molecule has 0 amide bonds. The van der Waals surface area contributed by atoms with Gasteiger partial charge in [0.25, 0.3) is 0 Å². The summed E-state index contributed by atoms with van der Waals surface area (Å²) in [5, 5.41) is 0. The van der Waals surface area contributed by atoms with E-state index in [-0.39, 0.29) is 0 Å². The van der Waals surface area contributed by atoms with E-state index in [2.05, 4.69) is 0 Å². The Morgan fingerprint density at radius 2 is 1.81 bits per heavy atom. The predicted octanol–water partition coefficient (Wildman–Crippen LogP) is 3.42. The highest BCUT2D eigenvalue weighted by Crippen LogP contribution is 2.25. The number of rotatable bonds is 7. The molecule has 0 spiro atoms. The van der Waals surface area contributed by atoms with Crippen molar-refractivity contribution in [3.05, 3.63) is 65.2 Å². The van der Waals surface area contributed by atoms with E-state index in [0.717, 1.165) is 24.3 Å². The first-order valence-electron chi connectivity index (χ1n) is 7.49. The minimum absolute atomic E-state index is 0.476. The van der Waals surface area contributed by atoms with Crippen molar-refractivity contribution in [1.82, 2.24) is 0 Å². The SMILES string of the molecule is COc1ccc(OC)c(/C=C/C(=O)OCC(=O)c2cc(F)ccc2F)c1. The Morgan fingerprint density at radius 1 is 1.04 bits per heavy atom. The van der Waals surface area contributed by atoms with Gasteiger partial charge in [0, 0.05) is 11.6 Å². The van der Waals surface area contributed by atoms with E-state index in [4.69, 9.17) is 14.2 Å². The molecular weight excluding hydrogens is 346 g/mol. The topological polar surface area (TPSA) is 61.8 Å². The molecule has 26 heavy (non-hydrogen) atoms. The maximum absolute atomic E-state index is 13.5. The average molecular weight is 362 g/mol. The van der Waals surface area contributed by atoms with Gasteiger partial charge in [-0.2, -0.15) is 0 Å². The molecule has 0 fully saturated rings. The third-order valence-electron chi connectivity index (χ3n) is 3.41. The Kier molecular flexibility index (Phi) is 6.43. The van der Waals surface area contributed by atoms with Crippen LogP contribution in [0.5, 0.6) is 11.5 Å². The van der Waals surface area contributed by atoms with Crippen molar-refractivity contribution in [2.75, 3.05) is 20.8 Å². The summed E-state index contributed by atoms with van der Waals surface area (Å²) in [5.74, 6) is -2.23. The molecule has 0 N–H and O–H groups in total. The maximum Gasteiger partial charge on any atom is 0.331 e. The Bertz CT molecular complexity index is 846. The zero-order valence-electron chi connectivity index (χ0n) is 14.1. The van der Waals surface area contributed by atoms with Gasteiger partial charge in [0.1, 0.15) is 23.1 Å². The van der Waals surface area contributed by atoms with Crippen molar-refractivity contribution in [3.8, 4) is 11.5 Å². The molecule has 0 unspecified atom stereocenters. The van der Waals surface area contributed by atoms with Gasteiger partial charge in [0.05, 0.1) is 19.8 Å². The standard InChI is InChI=1S/C19H16F2O5/c1-24-14-5-7-18(25-2)12(9-14)3-8-19(23)26-11-17(22)15-10-13(20)4-6-16(15)21/h3-10H,11H2,1-2H3/b8-3+. The minimum atomic E-state index is -0.885. The monoisotopic (exact) mass is 362 g/mol. The summed E-state index contributed by atoms with van der Waals surface area (Å²) in [7, 11) is 2.98. The number of ether oxygens (including phenoxy) is 3. The molecule has 2 aromatic rings. The van der Waals surface area contributed by atoms with Crippen LogP contribution in [0, 0.1) is 11.6 Å². The lowest BCUT2D eigenvalue weighted by Gasteiger charge is -2.07. The smallest absolute Gasteiger partial charge is 0.331 e. The molecule has 0 aliphatic rings. The van der Waals surface area contributed by atoms with E-state index in [1.807, 2.05) is 0 Å². The van der Waals surface area contributed by atoms with Gasteiger partial charge in [0.2, 0.25) is 5.78 Å². The van der Waals surface area contributed by atoms with Crippen molar-refractivity contribution in [2.45, 2.75) is 0 Å². The van der Waals surface area contributed by atoms with Crippen LogP contribution in [0.1, 0.15) is 15.9 Å². The number of carbonyl (C=O) groups is 2. The summed E-state index contributed by atoms with van der Waals surface area (Å²) >= 11 is 0. The first kappa shape index (κ1) is 19.1. The number of hydrogen-bond donors (Lipinski definition) is 0. The molecule has 2 rings (SSSR count). The number of hydrogen-bond acceptors (Lipinski definition) is 5. The predicted molar refractivity (Wildman–Crippen MR) is 90.2 cm³/mol. The van der Waals surface area contributed by atoms with Gasteiger partial charge in [-0.25, -0.2) is 13.6 Å². The summed E-state index contributed by atoms with van der Waals surface area (Å²) in [6.45, 7) is -0.710. The molecule has 0 aromatic heterocycles. The number of carbonyl (C=O) groups excluding carboxylic acids is 2. The number of methoxy groups -OCH3 is 2. The van der Waals surface area contributed by atoms with Crippen LogP contribution >= 0.6 is 0 Å². The van der Waals surface area contributed by atoms with Crippen LogP contribution < -0.4 is 9.47 Å². The van der Waals surface area contributed by atoms with Crippen molar-refractivity contribution < 1.29 is 32.6 Å². The molecule has 0 radical (unpaired) electrons. The number of halogens is 2. The molecular formula is C19H16F2O5. The summed E-state index contributed by atoms with van der Waals surface area (Å²) in [5.41, 5.74) is 0.0857. The Balaban J connectivity index is 2.01. The lowest BCUT2D eigenvalue weighted by atomic mass is 10.1. The van der Waals surface area contributed by atoms with Gasteiger partial charge < -0.3 is 14.2 Å². The summed E-state index contributed by atoms with van der Waals surface area (Å²) in [6.07, 6.45) is 2.52. The van der Waals surface area contributed by atoms with Crippen molar-refractivity contribution in [2.24, 2.45) is 0 Å². The fraction of sp³-hybridized carbons (Fsp3) is 0.158. The molecule has 136 valence electrons. The maximum atomic E-state index is 13.5. The van der Waals surface area contributed by atoms with Gasteiger partial charge in [0.15, 0.2) is 6.61 Å². The second-order valence-electron chi connectivity index (χ2n) is 5.10. The van der Waals surface area contributed by atoms with Crippen LogP contribution in [0.4, 0.5) is 8.78 Å². The van der Waals surface area contributed by atoms with Crippen molar-refractivity contribution in [3.63, 3.8) is 0 Å². The normalized spacial score (nSPS) is 10.6. The largest absolute Gasteiger partial charge is 0.497 e. The molecule has 0 saturated carbocycles. The second-order valence-corrected chi connectivity index (χ2v) is 5.10. The van der Waals surface area contributed by atoms with Crippen molar-refractivity contribution in [1.29, 1.82) is 0 Å². The zero-order valence-corrected chi connectivity index (χ0v) is 14.1. The Hall–Kier alpha value is -3.22. The number of benzene rings is 2. The highest BCUT2D eigenvalue weighted by Gasteiger charge is 2.14. The van der Waals surface area contributed by atoms with Gasteiger partial charge in [-0.1, -0.05) is 0 Å². The molecule has 0 saturated heterocycles. The summed E-state index contributed by atoms with van der Waals surface area (Å²) in [4.78, 5) is 23.6. The fourth-order valence-corrected chi connectivity index (χ4v) is 2.10. The molecule has 2 aromatic carbocycles. The number of esters is 1. The van der Waals surface area contributed by atoms with Crippen LogP contribution in [0.25, 0.3) is 6.08 Å². The van der Waals surface area contributed by atoms with Gasteiger partial charge >= 0.3 is 5.97 Å². The highest BCUT2D eigenvalue weighted by molar-refractivity contribution is 5.99. The molecule has 5 nitrogen and oxygen atoms in total. The molecule has 0 bridgehead atoms. The number of ketones is 1. The van der Waals surface area contributed by atoms with Crippen molar-refractivity contribution >= 4 is 17.8 Å². The summed E-state index contributed by atoms with van der Waals surface area (Å²) in [6, 6.07) is 7.49. The highest BCUT2D eigenvalue weighted by atomic mass is 19.1.